The third-order valence-corrected chi connectivity index (χ3v) is 6.57. The molecule has 2 unspecified atom stereocenters. The quantitative estimate of drug-likeness (QED) is 0.864. The van der Waals surface area contributed by atoms with E-state index in [1.807, 2.05) is 13.8 Å². The molecule has 0 bridgehead atoms. The van der Waals surface area contributed by atoms with Gasteiger partial charge in [0.05, 0.1) is 10.5 Å². The largest absolute Gasteiger partial charge is 0.480 e. The lowest BCUT2D eigenvalue weighted by molar-refractivity contribution is -0.144. The lowest BCUT2D eigenvalue weighted by Gasteiger charge is -2.35. The number of aliphatic carboxylic acids is 1. The maximum absolute atomic E-state index is 12.8. The summed E-state index contributed by atoms with van der Waals surface area (Å²) in [5, 5.41) is 9.43. The van der Waals surface area contributed by atoms with Crippen LogP contribution in [0.2, 0.25) is 0 Å². The Balaban J connectivity index is 1.87. The summed E-state index contributed by atoms with van der Waals surface area (Å²) in [5.41, 5.74) is 1.10. The molecule has 1 amide bonds. The van der Waals surface area contributed by atoms with E-state index in [1.54, 1.807) is 12.1 Å². The minimum atomic E-state index is -3.81. The van der Waals surface area contributed by atoms with E-state index in [-0.39, 0.29) is 16.4 Å². The number of hydrogen-bond acceptors (Lipinski definition) is 4. The highest BCUT2D eigenvalue weighted by Crippen LogP contribution is 2.25. The molecule has 27 heavy (non-hydrogen) atoms. The summed E-state index contributed by atoms with van der Waals surface area (Å²) in [4.78, 5) is 25.8. The van der Waals surface area contributed by atoms with Gasteiger partial charge in [-0.3, -0.25) is 4.79 Å². The lowest BCUT2D eigenvalue weighted by atomic mass is 9.92. The van der Waals surface area contributed by atoms with E-state index in [0.717, 1.165) is 16.0 Å². The Morgan fingerprint density at radius 2 is 1.81 bits per heavy atom. The molecule has 8 heteroatoms. The maximum atomic E-state index is 12.8. The number of rotatable bonds is 4. The van der Waals surface area contributed by atoms with Gasteiger partial charge in [-0.05, 0) is 43.9 Å². The van der Waals surface area contributed by atoms with Crippen molar-refractivity contribution in [1.82, 2.24) is 8.87 Å². The van der Waals surface area contributed by atoms with Crippen molar-refractivity contribution in [3.63, 3.8) is 0 Å². The third-order valence-electron chi connectivity index (χ3n) is 4.92. The molecule has 1 aliphatic heterocycles. The van der Waals surface area contributed by atoms with E-state index in [4.69, 9.17) is 0 Å². The van der Waals surface area contributed by atoms with Crippen LogP contribution in [0.3, 0.4) is 0 Å². The zero-order chi connectivity index (χ0) is 19.8. The average molecular weight is 390 g/mol. The maximum Gasteiger partial charge on any atom is 0.326 e. The summed E-state index contributed by atoms with van der Waals surface area (Å²) in [6.07, 6.45) is 3.67. The monoisotopic (exact) mass is 390 g/mol. The second-order valence-electron chi connectivity index (χ2n) is 7.03. The minimum Gasteiger partial charge on any atom is -0.480 e. The van der Waals surface area contributed by atoms with Crippen molar-refractivity contribution >= 4 is 21.9 Å². The van der Waals surface area contributed by atoms with E-state index < -0.39 is 27.9 Å². The Morgan fingerprint density at radius 3 is 2.44 bits per heavy atom. The first kappa shape index (κ1) is 19.2. The predicted octanol–water partition coefficient (Wildman–Crippen LogP) is 2.36. The number of nitrogens with zero attached hydrogens (tertiary/aromatic N) is 2. The summed E-state index contributed by atoms with van der Waals surface area (Å²) in [5.74, 6) is -1.28. The molecular weight excluding hydrogens is 368 g/mol. The first-order chi connectivity index (χ1) is 12.7. The van der Waals surface area contributed by atoms with Gasteiger partial charge in [0.25, 0.3) is 15.9 Å². The number of carboxylic acid groups (broad SMARTS) is 1. The third kappa shape index (κ3) is 3.75. The topological polar surface area (TPSA) is 96.7 Å². The SMILES string of the molecule is Cc1ccc(S(=O)(=O)n2ccc(C(=O)N3CCC(C)CC3C(=O)O)c2)cc1. The number of hydrogen-bond donors (Lipinski definition) is 1. The second kappa shape index (κ2) is 7.19. The molecule has 144 valence electrons. The molecule has 7 nitrogen and oxygen atoms in total. The van der Waals surface area contributed by atoms with Crippen molar-refractivity contribution in [3.8, 4) is 0 Å². The Kier molecular flexibility index (Phi) is 5.10. The molecule has 2 atom stereocenters. The number of carbonyl (C=O) groups excluding carboxylic acids is 1. The molecule has 0 saturated carbocycles. The summed E-state index contributed by atoms with van der Waals surface area (Å²) in [7, 11) is -3.81. The van der Waals surface area contributed by atoms with E-state index in [2.05, 4.69) is 0 Å². The number of amides is 1. The Hall–Kier alpha value is -2.61. The smallest absolute Gasteiger partial charge is 0.326 e. The number of aromatic nitrogens is 1. The van der Waals surface area contributed by atoms with Crippen molar-refractivity contribution in [1.29, 1.82) is 0 Å². The van der Waals surface area contributed by atoms with Gasteiger partial charge in [-0.25, -0.2) is 17.2 Å². The first-order valence-corrected chi connectivity index (χ1v) is 10.2. The van der Waals surface area contributed by atoms with E-state index in [0.29, 0.717) is 13.0 Å². The highest BCUT2D eigenvalue weighted by atomic mass is 32.2. The number of benzene rings is 1. The predicted molar refractivity (Wildman–Crippen MR) is 99.1 cm³/mol. The highest BCUT2D eigenvalue weighted by molar-refractivity contribution is 7.90. The molecule has 2 aromatic rings. The number of carbonyl (C=O) groups is 2. The number of aryl methyl sites for hydroxylation is 1. The van der Waals surface area contributed by atoms with Gasteiger partial charge in [-0.2, -0.15) is 0 Å². The van der Waals surface area contributed by atoms with Crippen LogP contribution in [-0.2, 0) is 14.8 Å². The van der Waals surface area contributed by atoms with Crippen LogP contribution in [0.4, 0.5) is 0 Å². The number of likely N-dealkylation sites (tertiary alicyclic amines) is 1. The fourth-order valence-electron chi connectivity index (χ4n) is 3.27. The molecule has 0 aliphatic carbocycles. The molecular formula is C19H22N2O5S. The minimum absolute atomic E-state index is 0.123. The zero-order valence-corrected chi connectivity index (χ0v) is 16.0. The Morgan fingerprint density at radius 1 is 1.15 bits per heavy atom. The molecule has 1 fully saturated rings. The normalized spacial score (nSPS) is 20.4. The number of carboxylic acids is 1. The van der Waals surface area contributed by atoms with Crippen LogP contribution >= 0.6 is 0 Å². The van der Waals surface area contributed by atoms with Crippen LogP contribution in [0.15, 0.2) is 47.6 Å². The first-order valence-electron chi connectivity index (χ1n) is 8.74. The van der Waals surface area contributed by atoms with Gasteiger partial charge in [0.15, 0.2) is 0 Å². The van der Waals surface area contributed by atoms with Crippen LogP contribution in [0, 0.1) is 12.8 Å². The van der Waals surface area contributed by atoms with Crippen molar-refractivity contribution in [3.05, 3.63) is 53.9 Å². The second-order valence-corrected chi connectivity index (χ2v) is 8.87. The van der Waals surface area contributed by atoms with Crippen LogP contribution < -0.4 is 0 Å². The van der Waals surface area contributed by atoms with Gasteiger partial charge < -0.3 is 10.0 Å². The van der Waals surface area contributed by atoms with E-state index in [1.165, 1.54) is 35.5 Å². The molecule has 0 radical (unpaired) electrons. The lowest BCUT2D eigenvalue weighted by Crippen LogP contribution is -2.49. The Bertz CT molecular complexity index is 962. The molecule has 1 N–H and O–H groups in total. The standard InChI is InChI=1S/C19H22N2O5S/c1-13-3-5-16(6-4-13)27(25,26)20-9-8-15(12-20)18(22)21-10-7-14(2)11-17(21)19(23)24/h3-6,8-9,12,14,17H,7,10-11H2,1-2H3,(H,23,24). The van der Waals surface area contributed by atoms with Crippen LogP contribution in [-0.4, -0.2) is 46.9 Å². The Labute approximate surface area is 158 Å². The van der Waals surface area contributed by atoms with E-state index in [9.17, 15) is 23.1 Å². The van der Waals surface area contributed by atoms with Crippen LogP contribution in [0.25, 0.3) is 0 Å². The molecule has 1 saturated heterocycles. The fraction of sp³-hybridized carbons (Fsp3) is 0.368. The molecule has 3 rings (SSSR count). The van der Waals surface area contributed by atoms with Crippen molar-refractivity contribution in [2.45, 2.75) is 37.6 Å². The average Bonchev–Trinajstić information content (AvgIpc) is 3.12. The van der Waals surface area contributed by atoms with Gasteiger partial charge in [0.1, 0.15) is 6.04 Å². The van der Waals surface area contributed by atoms with Gasteiger partial charge in [-0.15, -0.1) is 0 Å². The van der Waals surface area contributed by atoms with Crippen molar-refractivity contribution < 1.29 is 23.1 Å². The summed E-state index contributed by atoms with van der Waals surface area (Å²) >= 11 is 0. The van der Waals surface area contributed by atoms with Crippen LogP contribution in [0.1, 0.15) is 35.7 Å². The zero-order valence-electron chi connectivity index (χ0n) is 15.2. The molecule has 0 spiro atoms. The van der Waals surface area contributed by atoms with Gasteiger partial charge in [0, 0.05) is 18.9 Å². The summed E-state index contributed by atoms with van der Waals surface area (Å²) in [6, 6.07) is 6.95. The van der Waals surface area contributed by atoms with Crippen molar-refractivity contribution in [2.75, 3.05) is 6.54 Å². The number of piperidine rings is 1. The summed E-state index contributed by atoms with van der Waals surface area (Å²) < 4.78 is 26.4. The van der Waals surface area contributed by atoms with E-state index >= 15 is 0 Å². The van der Waals surface area contributed by atoms with Gasteiger partial charge in [-0.1, -0.05) is 24.6 Å². The van der Waals surface area contributed by atoms with Gasteiger partial charge >= 0.3 is 5.97 Å². The molecule has 1 aromatic heterocycles. The van der Waals surface area contributed by atoms with Gasteiger partial charge in [0.2, 0.25) is 0 Å². The highest BCUT2D eigenvalue weighted by Gasteiger charge is 2.35. The van der Waals surface area contributed by atoms with Crippen LogP contribution in [0.5, 0.6) is 0 Å². The van der Waals surface area contributed by atoms with Crippen molar-refractivity contribution in [2.24, 2.45) is 5.92 Å². The molecule has 1 aromatic carbocycles. The summed E-state index contributed by atoms with van der Waals surface area (Å²) in [6.45, 7) is 4.16. The fourth-order valence-corrected chi connectivity index (χ4v) is 4.47. The molecule has 2 heterocycles. The molecule has 1 aliphatic rings.